The molecule has 0 bridgehead atoms. The summed E-state index contributed by atoms with van der Waals surface area (Å²) in [5.41, 5.74) is 2.92. The number of anilines is 1. The molecule has 0 aromatic heterocycles. The second kappa shape index (κ2) is 6.33. The number of rotatable bonds is 4. The first kappa shape index (κ1) is 14.3. The second-order valence-electron chi connectivity index (χ2n) is 5.06. The van der Waals surface area contributed by atoms with Crippen LogP contribution in [0.15, 0.2) is 18.2 Å². The maximum Gasteiger partial charge on any atom is 0.251 e. The van der Waals surface area contributed by atoms with E-state index < -0.39 is 0 Å². The van der Waals surface area contributed by atoms with Crippen molar-refractivity contribution >= 4 is 23.4 Å². The average molecular weight is 278 g/mol. The van der Waals surface area contributed by atoms with Crippen LogP contribution < -0.4 is 10.6 Å². The van der Waals surface area contributed by atoms with E-state index in [1.54, 1.807) is 0 Å². The van der Waals surface area contributed by atoms with E-state index in [-0.39, 0.29) is 5.91 Å². The molecule has 1 aromatic carbocycles. The third kappa shape index (κ3) is 3.24. The summed E-state index contributed by atoms with van der Waals surface area (Å²) in [6.07, 6.45) is 5.66. The van der Waals surface area contributed by atoms with Crippen molar-refractivity contribution in [2.24, 2.45) is 0 Å². The molecule has 19 heavy (non-hydrogen) atoms. The van der Waals surface area contributed by atoms with Gasteiger partial charge >= 0.3 is 0 Å². The van der Waals surface area contributed by atoms with Crippen molar-refractivity contribution < 1.29 is 4.79 Å². The molecule has 1 saturated carbocycles. The molecule has 104 valence electrons. The zero-order chi connectivity index (χ0) is 13.8. The van der Waals surface area contributed by atoms with Gasteiger partial charge in [-0.15, -0.1) is 0 Å². The fraction of sp³-hybridized carbons (Fsp3) is 0.533. The molecule has 0 aliphatic heterocycles. The first-order valence-corrected chi connectivity index (χ1v) is 8.06. The maximum absolute atomic E-state index is 12.3. The standard InChI is InChI=1S/C15H22N2OS/c1-10-9-11(7-8-12(10)16-2)15(18)17-13-5-4-6-14(13)19-3/h7-9,13-14,16H,4-6H2,1-3H3,(H,17,18). The minimum absolute atomic E-state index is 0.0525. The molecule has 2 unspecified atom stereocenters. The molecule has 0 heterocycles. The lowest BCUT2D eigenvalue weighted by atomic mass is 10.1. The fourth-order valence-electron chi connectivity index (χ4n) is 2.71. The number of nitrogens with one attached hydrogen (secondary N) is 2. The van der Waals surface area contributed by atoms with Crippen LogP contribution in [0, 0.1) is 6.92 Å². The number of benzene rings is 1. The van der Waals surface area contributed by atoms with Crippen molar-refractivity contribution in [1.82, 2.24) is 5.32 Å². The van der Waals surface area contributed by atoms with Gasteiger partial charge in [-0.2, -0.15) is 11.8 Å². The highest BCUT2D eigenvalue weighted by molar-refractivity contribution is 7.99. The van der Waals surface area contributed by atoms with Crippen molar-refractivity contribution in [2.45, 2.75) is 37.5 Å². The Morgan fingerprint density at radius 3 is 2.79 bits per heavy atom. The quantitative estimate of drug-likeness (QED) is 0.889. The molecule has 4 heteroatoms. The van der Waals surface area contributed by atoms with E-state index >= 15 is 0 Å². The summed E-state index contributed by atoms with van der Waals surface area (Å²) < 4.78 is 0. The number of hydrogen-bond donors (Lipinski definition) is 2. The molecular formula is C15H22N2OS. The minimum atomic E-state index is 0.0525. The Balaban J connectivity index is 2.05. The largest absolute Gasteiger partial charge is 0.388 e. The molecule has 1 aliphatic carbocycles. The normalized spacial score (nSPS) is 22.3. The van der Waals surface area contributed by atoms with Crippen LogP contribution in [0.3, 0.4) is 0 Å². The Hall–Kier alpha value is -1.16. The molecule has 1 aromatic rings. The van der Waals surface area contributed by atoms with E-state index in [4.69, 9.17) is 0 Å². The van der Waals surface area contributed by atoms with Crippen molar-refractivity contribution in [3.05, 3.63) is 29.3 Å². The average Bonchev–Trinajstić information content (AvgIpc) is 2.85. The Morgan fingerprint density at radius 2 is 2.16 bits per heavy atom. The van der Waals surface area contributed by atoms with Gasteiger partial charge in [0.2, 0.25) is 0 Å². The summed E-state index contributed by atoms with van der Waals surface area (Å²) in [5, 5.41) is 6.87. The Morgan fingerprint density at radius 1 is 1.37 bits per heavy atom. The van der Waals surface area contributed by atoms with E-state index in [1.807, 2.05) is 43.9 Å². The molecule has 2 N–H and O–H groups in total. The van der Waals surface area contributed by atoms with Gasteiger partial charge in [0.05, 0.1) is 0 Å². The molecule has 1 amide bonds. The summed E-state index contributed by atoms with van der Waals surface area (Å²) in [6, 6.07) is 6.12. The third-order valence-electron chi connectivity index (χ3n) is 3.83. The number of carbonyl (C=O) groups is 1. The van der Waals surface area contributed by atoms with Crippen LogP contribution in [0.1, 0.15) is 35.2 Å². The van der Waals surface area contributed by atoms with E-state index in [0.717, 1.165) is 23.2 Å². The SMILES string of the molecule is CNc1ccc(C(=O)NC2CCCC2SC)cc1C. The van der Waals surface area contributed by atoms with E-state index in [2.05, 4.69) is 16.9 Å². The molecule has 1 fully saturated rings. The lowest BCUT2D eigenvalue weighted by Crippen LogP contribution is -2.38. The lowest BCUT2D eigenvalue weighted by molar-refractivity contribution is 0.0938. The van der Waals surface area contributed by atoms with Gasteiger partial charge in [-0.05, 0) is 49.8 Å². The zero-order valence-electron chi connectivity index (χ0n) is 11.8. The summed E-state index contributed by atoms with van der Waals surface area (Å²) in [7, 11) is 1.89. The molecule has 1 aliphatic rings. The Bertz CT molecular complexity index is 461. The van der Waals surface area contributed by atoms with Crippen LogP contribution in [-0.2, 0) is 0 Å². The number of carbonyl (C=O) groups excluding carboxylic acids is 1. The van der Waals surface area contributed by atoms with Gasteiger partial charge in [-0.25, -0.2) is 0 Å². The molecular weight excluding hydrogens is 256 g/mol. The molecule has 2 rings (SSSR count). The Labute approximate surface area is 119 Å². The molecule has 0 saturated heterocycles. The summed E-state index contributed by atoms with van der Waals surface area (Å²) in [5.74, 6) is 0.0525. The monoisotopic (exact) mass is 278 g/mol. The minimum Gasteiger partial charge on any atom is -0.388 e. The predicted octanol–water partition coefficient (Wildman–Crippen LogP) is 3.05. The molecule has 2 atom stereocenters. The van der Waals surface area contributed by atoms with Gasteiger partial charge in [-0.1, -0.05) is 6.42 Å². The highest BCUT2D eigenvalue weighted by Crippen LogP contribution is 2.28. The summed E-state index contributed by atoms with van der Waals surface area (Å²) >= 11 is 1.86. The van der Waals surface area contributed by atoms with Gasteiger partial charge in [0, 0.05) is 29.6 Å². The van der Waals surface area contributed by atoms with Gasteiger partial charge in [0.1, 0.15) is 0 Å². The third-order valence-corrected chi connectivity index (χ3v) is 5.00. The van der Waals surface area contributed by atoms with Crippen molar-refractivity contribution in [3.63, 3.8) is 0 Å². The van der Waals surface area contributed by atoms with Crippen molar-refractivity contribution in [3.8, 4) is 0 Å². The van der Waals surface area contributed by atoms with Crippen LogP contribution in [0.25, 0.3) is 0 Å². The number of thioether (sulfide) groups is 1. The van der Waals surface area contributed by atoms with Crippen molar-refractivity contribution in [1.29, 1.82) is 0 Å². The van der Waals surface area contributed by atoms with Crippen LogP contribution >= 0.6 is 11.8 Å². The molecule has 3 nitrogen and oxygen atoms in total. The first-order chi connectivity index (χ1) is 9.15. The highest BCUT2D eigenvalue weighted by Gasteiger charge is 2.27. The van der Waals surface area contributed by atoms with Gasteiger partial charge in [0.25, 0.3) is 5.91 Å². The number of amides is 1. The van der Waals surface area contributed by atoms with Crippen LogP contribution in [0.4, 0.5) is 5.69 Å². The van der Waals surface area contributed by atoms with Crippen LogP contribution in [-0.4, -0.2) is 30.5 Å². The second-order valence-corrected chi connectivity index (χ2v) is 6.14. The van der Waals surface area contributed by atoms with E-state index in [1.165, 1.54) is 12.8 Å². The first-order valence-electron chi connectivity index (χ1n) is 6.77. The zero-order valence-corrected chi connectivity index (χ0v) is 12.6. The maximum atomic E-state index is 12.3. The number of aryl methyl sites for hydroxylation is 1. The molecule has 0 radical (unpaired) electrons. The Kier molecular flexibility index (Phi) is 4.75. The summed E-state index contributed by atoms with van der Waals surface area (Å²) in [4.78, 5) is 12.3. The van der Waals surface area contributed by atoms with E-state index in [9.17, 15) is 4.79 Å². The topological polar surface area (TPSA) is 41.1 Å². The predicted molar refractivity (Wildman–Crippen MR) is 83.1 cm³/mol. The highest BCUT2D eigenvalue weighted by atomic mass is 32.2. The van der Waals surface area contributed by atoms with Crippen LogP contribution in [0.2, 0.25) is 0 Å². The van der Waals surface area contributed by atoms with Gasteiger partial charge < -0.3 is 10.6 Å². The summed E-state index contributed by atoms with van der Waals surface area (Å²) in [6.45, 7) is 2.02. The fourth-order valence-corrected chi connectivity index (χ4v) is 3.65. The number of hydrogen-bond acceptors (Lipinski definition) is 3. The van der Waals surface area contributed by atoms with Crippen molar-refractivity contribution in [2.75, 3.05) is 18.6 Å². The van der Waals surface area contributed by atoms with Gasteiger partial charge in [-0.3, -0.25) is 4.79 Å². The lowest BCUT2D eigenvalue weighted by Gasteiger charge is -2.19. The van der Waals surface area contributed by atoms with Crippen LogP contribution in [0.5, 0.6) is 0 Å². The molecule has 0 spiro atoms. The smallest absolute Gasteiger partial charge is 0.251 e. The van der Waals surface area contributed by atoms with Gasteiger partial charge in [0.15, 0.2) is 0 Å². The van der Waals surface area contributed by atoms with E-state index in [0.29, 0.717) is 11.3 Å².